The average molecular weight is 2150 g/mol. The molecule has 7 heterocycles. The Hall–Kier alpha value is -4.37. The van der Waals surface area contributed by atoms with E-state index < -0.39 is 18.2 Å². The number of halogens is 12. The Morgan fingerprint density at radius 1 is 0.406 bits per heavy atom. The van der Waals surface area contributed by atoms with E-state index in [4.69, 9.17) is 188 Å². The summed E-state index contributed by atoms with van der Waals surface area (Å²) in [6.07, 6.45) is 22.0. The molecule has 0 radical (unpaired) electrons. The van der Waals surface area contributed by atoms with Gasteiger partial charge in [0.15, 0.2) is 12.6 Å². The number of ether oxygens (including phenoxy) is 8. The van der Waals surface area contributed by atoms with Crippen LogP contribution < -0.4 is 21.7 Å². The van der Waals surface area contributed by atoms with Gasteiger partial charge in [-0.2, -0.15) is 0 Å². The molecule has 730 valence electrons. The van der Waals surface area contributed by atoms with Crippen LogP contribution in [0.1, 0.15) is 187 Å². The SMILES string of the molecule is C1CCOC1.COC(=O)c1ccc(CCC[C@@H]2[C@@H](C=O)[C@H](OC3CCCCO3)C[C@H]2Cl)s1.COC(=O)c1ccc(CCC[C@@H]2[C@@H](CNc3cc(Cl)cc(Cl)c3)[C@H](O)C[C@H]2Cl)s1.COC(=O)c1ccc(CCC[C@@H]2[C@@H](CNc3cc(Cl)cc(Cl)c3)[C@H](OC3CCCCO3)C[C@H]2Cl)s1.Nc1cc(Cl)cc(Cl)c1.O=C(O)c1ccc(CCC[C@@H]2[C@@H](CNc3cc(Cl)cc(Cl)c3)[C@H](O)C[C@H]2Cl)s1. The van der Waals surface area contributed by atoms with Crippen molar-refractivity contribution in [1.29, 1.82) is 0 Å². The van der Waals surface area contributed by atoms with E-state index in [9.17, 15) is 34.2 Å². The van der Waals surface area contributed by atoms with Gasteiger partial charge in [0, 0.05) is 174 Å². The summed E-state index contributed by atoms with van der Waals surface area (Å²) in [5.74, 6) is -0.777. The number of aliphatic hydroxyl groups excluding tert-OH is 2. The Kier molecular flexibility index (Phi) is 47.8. The number of esters is 3. The van der Waals surface area contributed by atoms with Gasteiger partial charge in [0.2, 0.25) is 0 Å². The number of alkyl halides is 4. The van der Waals surface area contributed by atoms with Crippen LogP contribution in [0, 0.1) is 47.3 Å². The molecule has 2 unspecified atom stereocenters. The van der Waals surface area contributed by atoms with E-state index in [0.717, 1.165) is 186 Å². The molecule has 133 heavy (non-hydrogen) atoms. The van der Waals surface area contributed by atoms with Crippen LogP contribution in [0.3, 0.4) is 0 Å². The summed E-state index contributed by atoms with van der Waals surface area (Å²) < 4.78 is 43.3. The van der Waals surface area contributed by atoms with Crippen molar-refractivity contribution in [3.8, 4) is 0 Å². The average Bonchev–Trinajstić information content (AvgIpc) is 1.68. The lowest BCUT2D eigenvalue weighted by molar-refractivity contribution is -0.195. The zero-order chi connectivity index (χ0) is 95.6. The topological polar surface area (TPSA) is 282 Å². The first-order valence-corrected chi connectivity index (χ1v) is 53.1. The fourth-order valence-corrected chi connectivity index (χ4v) is 25.9. The van der Waals surface area contributed by atoms with E-state index in [2.05, 4.69) is 16.0 Å². The molecule has 8 N–H and O–H groups in total. The molecule has 8 aromatic rings. The van der Waals surface area contributed by atoms with E-state index in [1.807, 2.05) is 54.6 Å². The van der Waals surface area contributed by atoms with Gasteiger partial charge < -0.3 is 79.7 Å². The molecule has 0 bridgehead atoms. The number of carbonyl (C=O) groups is 5. The number of aromatic carboxylic acids is 1. The third-order valence-electron chi connectivity index (χ3n) is 24.6. The summed E-state index contributed by atoms with van der Waals surface area (Å²) in [5, 5.41) is 44.6. The lowest BCUT2D eigenvalue weighted by Crippen LogP contribution is -2.34. The number of aldehydes is 1. The maximum absolute atomic E-state index is 11.7. The van der Waals surface area contributed by atoms with Crippen molar-refractivity contribution >= 4 is 237 Å². The highest BCUT2D eigenvalue weighted by Gasteiger charge is 2.47. The fraction of sp³-hybridized carbons (Fsp3) is 0.536. The molecule has 3 saturated heterocycles. The fourth-order valence-electron chi connectivity index (χ4n) is 18.0. The second kappa shape index (κ2) is 57.5. The number of carbonyl (C=O) groups excluding carboxylic acids is 4. The third-order valence-corrected chi connectivity index (χ3v) is 32.9. The summed E-state index contributed by atoms with van der Waals surface area (Å²) in [6.45, 7) is 5.40. The molecule has 4 aromatic carbocycles. The van der Waals surface area contributed by atoms with Crippen molar-refractivity contribution in [2.45, 2.75) is 213 Å². The zero-order valence-corrected chi connectivity index (χ0v) is 86.7. The van der Waals surface area contributed by atoms with E-state index >= 15 is 0 Å². The highest BCUT2D eigenvalue weighted by atomic mass is 35.5. The van der Waals surface area contributed by atoms with Crippen LogP contribution in [-0.4, -0.2) is 171 Å². The van der Waals surface area contributed by atoms with Gasteiger partial charge in [-0.3, -0.25) is 0 Å². The zero-order valence-electron chi connectivity index (χ0n) is 74.3. The summed E-state index contributed by atoms with van der Waals surface area (Å²) >= 11 is 80.1. The third kappa shape index (κ3) is 36.3. The van der Waals surface area contributed by atoms with Crippen molar-refractivity contribution in [1.82, 2.24) is 0 Å². The van der Waals surface area contributed by atoms with Gasteiger partial charge in [0.25, 0.3) is 0 Å². The molecule has 4 aliphatic carbocycles. The van der Waals surface area contributed by atoms with Gasteiger partial charge in [-0.15, -0.1) is 91.8 Å². The van der Waals surface area contributed by atoms with E-state index in [1.165, 1.54) is 84.4 Å². The standard InChI is InChI=1S/C26H32Cl3NO4S.C21H24Cl3NO3S.C20H22Cl3NO3S.C20H27ClO5S.C6H5Cl2N.C4H8O/c1-32-26(31)24-9-8-19(35-24)5-4-6-20-21(15-30-18-12-16(27)11-17(28)13-18)23(14-22(20)29)34-25-7-2-3-10-33-25;1-28-21(27)20-6-5-15(29-20)3-2-4-16-17(19(26)10-18(16)24)11-25-14-8-12(22)7-13(23)9-14;21-11-6-12(22)8-13(7-11)24-10-16-15(17(23)9-18(16)25)3-1-2-14-4-5-19(28-14)20(26)27;1-24-20(23)18-9-8-13(27-18)5-4-6-14-15(12-22)17(11-16(14)21)26-19-7-2-3-10-25-19;7-4-1-5(8)3-6(9)2-4;1-2-4-5-3-1/h8-9,11-13,20-23,25,30H,2-7,10,14-15H2,1H3;5-9,16-19,25-26H,2-4,10-11H2,1H3;4-8,15-18,24-25H,1-3,9-10H2,(H,26,27);8-9,12,14-17,19H,2-7,10-11H2,1H3;1-3H,9H2;1-4H2/t20-,21-,22-,23-,25?;16-,17-,18-,19-;15-,16-,17-,18-;14-,15-,16-,17-,19?;;/m1111../s1. The molecular weight excluding hydrogens is 2030 g/mol. The molecule has 18 atom stereocenters. The van der Waals surface area contributed by atoms with Crippen molar-refractivity contribution in [2.75, 3.05) is 89.1 Å². The maximum Gasteiger partial charge on any atom is 0.348 e. The maximum atomic E-state index is 11.7. The minimum Gasteiger partial charge on any atom is -0.477 e. The van der Waals surface area contributed by atoms with Crippen molar-refractivity contribution < 1.29 is 77.2 Å². The van der Waals surface area contributed by atoms with Crippen molar-refractivity contribution in [2.24, 2.45) is 47.3 Å². The predicted molar refractivity (Wildman–Crippen MR) is 546 cm³/mol. The number of anilines is 4. The first-order chi connectivity index (χ1) is 63.9. The largest absolute Gasteiger partial charge is 0.477 e. The van der Waals surface area contributed by atoms with Crippen LogP contribution in [0.5, 0.6) is 0 Å². The Labute approximate surface area is 856 Å². The lowest BCUT2D eigenvalue weighted by Gasteiger charge is -2.31. The minimum absolute atomic E-state index is 0.0282. The van der Waals surface area contributed by atoms with Crippen LogP contribution in [-0.2, 0) is 68.4 Å². The van der Waals surface area contributed by atoms with Gasteiger partial charge in [0.1, 0.15) is 25.8 Å². The van der Waals surface area contributed by atoms with Gasteiger partial charge in [-0.05, 0) is 299 Å². The number of aryl methyl sites for hydroxylation is 4. The van der Waals surface area contributed by atoms with Crippen molar-refractivity contribution in [3.05, 3.63) is 201 Å². The molecule has 0 spiro atoms. The molecule has 20 nitrogen and oxygen atoms in total. The van der Waals surface area contributed by atoms with E-state index in [-0.39, 0.29) is 106 Å². The van der Waals surface area contributed by atoms with Crippen molar-refractivity contribution in [3.63, 3.8) is 0 Å². The number of nitrogen functional groups attached to an aromatic ring is 1. The molecule has 36 heteroatoms. The van der Waals surface area contributed by atoms with Gasteiger partial charge in [0.05, 0.1) is 45.7 Å². The molecule has 7 fully saturated rings. The van der Waals surface area contributed by atoms with Gasteiger partial charge in [-0.1, -0.05) is 92.8 Å². The predicted octanol–water partition coefficient (Wildman–Crippen LogP) is 26.7. The molecule has 4 saturated carbocycles. The lowest BCUT2D eigenvalue weighted by atomic mass is 9.89. The Bertz CT molecular complexity index is 4800. The summed E-state index contributed by atoms with van der Waals surface area (Å²) in [6, 6.07) is 35.9. The first-order valence-electron chi connectivity index (χ1n) is 45.1. The van der Waals surface area contributed by atoms with Gasteiger partial charge >= 0.3 is 23.9 Å². The van der Waals surface area contributed by atoms with E-state index in [0.29, 0.717) is 110 Å². The van der Waals surface area contributed by atoms with E-state index in [1.54, 1.807) is 66.7 Å². The van der Waals surface area contributed by atoms with Crippen LogP contribution in [0.15, 0.2) is 121 Å². The molecule has 4 aromatic heterocycles. The Balaban J connectivity index is 0.000000175. The number of nitrogens with two attached hydrogens (primary N) is 1. The number of rotatable bonds is 34. The molecular formula is C97H118Cl12N4O16S4. The number of nitrogens with one attached hydrogen (secondary N) is 3. The number of thiophene rings is 4. The number of hydrogen-bond donors (Lipinski definition) is 7. The first kappa shape index (κ1) is 111. The second-order valence-corrected chi connectivity index (χ2v) is 44.4. The number of methoxy groups -OCH3 is 3. The van der Waals surface area contributed by atoms with Crippen LogP contribution in [0.25, 0.3) is 0 Å². The Morgan fingerprint density at radius 3 is 1.04 bits per heavy atom. The number of hydrogen-bond acceptors (Lipinski definition) is 23. The summed E-state index contributed by atoms with van der Waals surface area (Å²) in [4.78, 5) is 64.4. The van der Waals surface area contributed by atoms with Gasteiger partial charge in [-0.25, -0.2) is 19.2 Å². The van der Waals surface area contributed by atoms with Crippen LogP contribution >= 0.6 is 185 Å². The summed E-state index contributed by atoms with van der Waals surface area (Å²) in [7, 11) is 4.18. The second-order valence-electron chi connectivity index (χ2n) is 34.0. The normalized spacial score (nSPS) is 25.2. The molecule has 15 rings (SSSR count). The smallest absolute Gasteiger partial charge is 0.348 e. The molecule has 7 aliphatic rings. The highest BCUT2D eigenvalue weighted by Crippen LogP contribution is 2.46. The quantitative estimate of drug-likeness (QED) is 0.00649. The van der Waals surface area contributed by atoms with Crippen LogP contribution in [0.4, 0.5) is 22.7 Å². The van der Waals surface area contributed by atoms with Crippen LogP contribution in [0.2, 0.25) is 40.2 Å². The molecule has 0 amide bonds. The number of aliphatic hydroxyl groups is 2. The number of benzene rings is 4. The Morgan fingerprint density at radius 2 is 0.714 bits per heavy atom. The molecule has 3 aliphatic heterocycles. The minimum atomic E-state index is -0.886. The monoisotopic (exact) mass is 2140 g/mol. The number of carboxylic acids is 1. The number of carboxylic acid groups (broad SMARTS) is 1. The highest BCUT2D eigenvalue weighted by molar-refractivity contribution is 7.15. The summed E-state index contributed by atoms with van der Waals surface area (Å²) in [5.41, 5.74) is 8.52.